The van der Waals surface area contributed by atoms with Crippen LogP contribution in [-0.2, 0) is 16.1 Å². The van der Waals surface area contributed by atoms with Crippen molar-refractivity contribution in [2.45, 2.75) is 88.7 Å². The molecule has 3 aromatic heterocycles. The molecule has 2 N–H and O–H groups in total. The molecule has 2 fully saturated rings. The summed E-state index contributed by atoms with van der Waals surface area (Å²) in [5, 5.41) is 17.7. The van der Waals surface area contributed by atoms with Crippen LogP contribution in [-0.4, -0.2) is 66.7 Å². The molecule has 0 spiro atoms. The Hall–Kier alpha value is -3.83. The summed E-state index contributed by atoms with van der Waals surface area (Å²) in [6.45, 7) is -3.49. The number of fused-ring (bicyclic) bond motifs is 1. The lowest BCUT2D eigenvalue weighted by molar-refractivity contribution is -0.144. The normalized spacial score (nSPS) is 18.7. The van der Waals surface area contributed by atoms with E-state index in [1.165, 1.54) is 10.7 Å². The molecule has 5 rings (SSSR count). The predicted octanol–water partition coefficient (Wildman–Crippen LogP) is 4.77. The monoisotopic (exact) mass is 648 g/mol. The van der Waals surface area contributed by atoms with Gasteiger partial charge < -0.3 is 15.4 Å². The number of hydrogen-bond donors (Lipinski definition) is 2. The molecule has 0 aliphatic heterocycles. The second kappa shape index (κ2) is 13.3. The number of aromatic nitrogens is 6. The van der Waals surface area contributed by atoms with Gasteiger partial charge in [-0.3, -0.25) is 9.59 Å². The van der Waals surface area contributed by atoms with Crippen molar-refractivity contribution in [1.29, 1.82) is 0 Å². The number of imidazole rings is 1. The van der Waals surface area contributed by atoms with Crippen molar-refractivity contribution in [3.05, 3.63) is 41.6 Å². The van der Waals surface area contributed by atoms with Crippen molar-refractivity contribution < 1.29 is 45.1 Å². The summed E-state index contributed by atoms with van der Waals surface area (Å²) >= 11 is 0. The van der Waals surface area contributed by atoms with Crippen LogP contribution in [0.5, 0.6) is 0 Å². The Labute approximate surface area is 251 Å². The number of carbonyl (C=O) groups is 2. The van der Waals surface area contributed by atoms with E-state index in [4.69, 9.17) is 0 Å². The van der Waals surface area contributed by atoms with E-state index in [0.29, 0.717) is 16.9 Å². The van der Waals surface area contributed by atoms with Crippen molar-refractivity contribution in [3.63, 3.8) is 0 Å². The van der Waals surface area contributed by atoms with Gasteiger partial charge in [-0.1, -0.05) is 0 Å². The average Bonchev–Trinajstić information content (AvgIpc) is 3.54. The summed E-state index contributed by atoms with van der Waals surface area (Å²) in [7, 11) is 0. The van der Waals surface area contributed by atoms with Gasteiger partial charge in [0, 0.05) is 19.3 Å². The fraction of sp³-hybridized carbons (Fsp3) is 0.630. The highest BCUT2D eigenvalue weighted by Gasteiger charge is 2.40. The van der Waals surface area contributed by atoms with E-state index in [9.17, 15) is 40.3 Å². The van der Waals surface area contributed by atoms with E-state index in [1.54, 1.807) is 12.3 Å². The Kier molecular flexibility index (Phi) is 9.60. The first-order valence-electron chi connectivity index (χ1n) is 14.5. The molecule has 246 valence electrons. The molecule has 11 nitrogen and oxygen atoms in total. The minimum Gasteiger partial charge on any atom is -0.349 e. The Morgan fingerprint density at radius 1 is 1.02 bits per heavy atom. The molecule has 2 aliphatic carbocycles. The minimum absolute atomic E-state index is 0.0322. The van der Waals surface area contributed by atoms with Crippen LogP contribution in [0.2, 0.25) is 0 Å². The molecular formula is C27H31F7N8O3. The fourth-order valence-electron chi connectivity index (χ4n) is 5.41. The Morgan fingerprint density at radius 3 is 2.40 bits per heavy atom. The highest BCUT2D eigenvalue weighted by Crippen LogP contribution is 2.43. The van der Waals surface area contributed by atoms with Crippen LogP contribution < -0.4 is 10.6 Å². The third kappa shape index (κ3) is 8.88. The van der Waals surface area contributed by atoms with E-state index < -0.39 is 61.4 Å². The smallest absolute Gasteiger partial charge is 0.349 e. The number of alkyl halides is 7. The van der Waals surface area contributed by atoms with Crippen LogP contribution in [0.1, 0.15) is 85.2 Å². The SMILES string of the molecule is O=C(CCC(F)(F)F)NC(c1cnn2cc([C@@H](NC(=O)c3cnn(CCOC(F)F)n3)C3CCC(F)(F)CC3)nc2c1)C1CC1. The summed E-state index contributed by atoms with van der Waals surface area (Å²) in [5.41, 5.74) is 1.07. The van der Waals surface area contributed by atoms with Crippen LogP contribution in [0, 0.1) is 11.8 Å². The first kappa shape index (κ1) is 32.6. The lowest BCUT2D eigenvalue weighted by atomic mass is 9.81. The standard InChI is InChI=1S/C27H31F7N8O3/c28-25(29)45-10-9-42-36-13-18(40-42)24(44)39-23(16-3-6-26(30,31)7-4-16)19-14-41-20(37-19)11-17(12-35-41)22(15-1-2-15)38-21(43)5-8-27(32,33)34/h11-16,22-23,25H,1-10H2,(H,38,43)(H,39,44)/t22?,23-/m0/s1. The number of amides is 2. The molecule has 0 saturated heterocycles. The molecule has 0 radical (unpaired) electrons. The van der Waals surface area contributed by atoms with Gasteiger partial charge in [0.1, 0.15) is 0 Å². The van der Waals surface area contributed by atoms with Gasteiger partial charge in [-0.2, -0.15) is 36.9 Å². The van der Waals surface area contributed by atoms with Gasteiger partial charge in [-0.15, -0.1) is 5.10 Å². The van der Waals surface area contributed by atoms with Gasteiger partial charge in [-0.25, -0.2) is 18.3 Å². The number of carbonyl (C=O) groups excluding carboxylic acids is 2. The van der Waals surface area contributed by atoms with Crippen LogP contribution in [0.4, 0.5) is 30.7 Å². The second-order valence-electron chi connectivity index (χ2n) is 11.4. The molecule has 1 unspecified atom stereocenters. The maximum absolute atomic E-state index is 14.0. The lowest BCUT2D eigenvalue weighted by Crippen LogP contribution is -2.37. The molecule has 2 saturated carbocycles. The summed E-state index contributed by atoms with van der Waals surface area (Å²) in [4.78, 5) is 31.1. The van der Waals surface area contributed by atoms with Crippen LogP contribution in [0.25, 0.3) is 5.65 Å². The third-order valence-electron chi connectivity index (χ3n) is 7.91. The van der Waals surface area contributed by atoms with Crippen molar-refractivity contribution in [1.82, 2.24) is 40.2 Å². The van der Waals surface area contributed by atoms with E-state index in [-0.39, 0.29) is 50.4 Å². The van der Waals surface area contributed by atoms with Crippen molar-refractivity contribution in [3.8, 4) is 0 Å². The number of hydrogen-bond acceptors (Lipinski definition) is 7. The maximum Gasteiger partial charge on any atom is 0.389 e. The summed E-state index contributed by atoms with van der Waals surface area (Å²) < 4.78 is 95.9. The predicted molar refractivity (Wildman–Crippen MR) is 141 cm³/mol. The highest BCUT2D eigenvalue weighted by atomic mass is 19.4. The van der Waals surface area contributed by atoms with E-state index in [2.05, 4.69) is 35.7 Å². The van der Waals surface area contributed by atoms with Gasteiger partial charge in [0.15, 0.2) is 11.3 Å². The minimum atomic E-state index is -4.46. The number of nitrogens with zero attached hydrogens (tertiary/aromatic N) is 6. The summed E-state index contributed by atoms with van der Waals surface area (Å²) in [6.07, 6.45) is -1.24. The molecule has 18 heteroatoms. The second-order valence-corrected chi connectivity index (χ2v) is 11.4. The zero-order chi connectivity index (χ0) is 32.4. The molecular weight excluding hydrogens is 617 g/mol. The van der Waals surface area contributed by atoms with Crippen LogP contribution in [0.3, 0.4) is 0 Å². The van der Waals surface area contributed by atoms with E-state index in [0.717, 1.165) is 23.8 Å². The van der Waals surface area contributed by atoms with Crippen molar-refractivity contribution in [2.24, 2.45) is 11.8 Å². The summed E-state index contributed by atoms with van der Waals surface area (Å²) in [6, 6.07) is 0.255. The first-order valence-corrected chi connectivity index (χ1v) is 14.5. The Bertz CT molecular complexity index is 1480. The molecule has 2 atom stereocenters. The maximum atomic E-state index is 14.0. The average molecular weight is 649 g/mol. The van der Waals surface area contributed by atoms with Crippen LogP contribution >= 0.6 is 0 Å². The molecule has 2 amide bonds. The zero-order valence-electron chi connectivity index (χ0n) is 23.8. The fourth-order valence-corrected chi connectivity index (χ4v) is 5.41. The molecule has 45 heavy (non-hydrogen) atoms. The van der Waals surface area contributed by atoms with Gasteiger partial charge in [0.05, 0.1) is 55.9 Å². The van der Waals surface area contributed by atoms with Crippen molar-refractivity contribution in [2.75, 3.05) is 6.61 Å². The van der Waals surface area contributed by atoms with Gasteiger partial charge in [0.25, 0.3) is 5.91 Å². The number of ether oxygens (including phenoxy) is 1. The summed E-state index contributed by atoms with van der Waals surface area (Å²) in [5.74, 6) is -4.63. The Morgan fingerprint density at radius 2 is 1.73 bits per heavy atom. The number of rotatable bonds is 13. The molecule has 3 aromatic rings. The lowest BCUT2D eigenvalue weighted by Gasteiger charge is -2.33. The van der Waals surface area contributed by atoms with Gasteiger partial charge in [0.2, 0.25) is 11.8 Å². The number of halogens is 7. The topological polar surface area (TPSA) is 128 Å². The molecule has 3 heterocycles. The van der Waals surface area contributed by atoms with Crippen molar-refractivity contribution >= 4 is 17.5 Å². The quantitative estimate of drug-likeness (QED) is 0.256. The Balaban J connectivity index is 1.35. The van der Waals surface area contributed by atoms with Crippen LogP contribution in [0.15, 0.2) is 24.7 Å². The number of nitrogens with one attached hydrogen (secondary N) is 2. The third-order valence-corrected chi connectivity index (χ3v) is 7.91. The van der Waals surface area contributed by atoms with Gasteiger partial charge in [-0.05, 0) is 49.1 Å². The molecule has 0 bridgehead atoms. The van der Waals surface area contributed by atoms with E-state index in [1.807, 2.05) is 0 Å². The van der Waals surface area contributed by atoms with Gasteiger partial charge >= 0.3 is 12.8 Å². The largest absolute Gasteiger partial charge is 0.389 e. The highest BCUT2D eigenvalue weighted by molar-refractivity contribution is 5.92. The first-order chi connectivity index (χ1) is 21.3. The van der Waals surface area contributed by atoms with E-state index >= 15 is 0 Å². The molecule has 2 aliphatic rings. The zero-order valence-corrected chi connectivity index (χ0v) is 23.8. The molecule has 0 aromatic carbocycles.